The van der Waals surface area contributed by atoms with Crippen LogP contribution in [0.5, 0.6) is 0 Å². The van der Waals surface area contributed by atoms with Crippen LogP contribution in [0.15, 0.2) is 0 Å². The maximum Gasteiger partial charge on any atom is 0.237 e. The number of carbonyl (C=O) groups is 1. The maximum atomic E-state index is 11.6. The monoisotopic (exact) mass is 216 g/mol. The van der Waals surface area contributed by atoms with Crippen LogP contribution in [0.1, 0.15) is 40.0 Å². The lowest BCUT2D eigenvalue weighted by Gasteiger charge is -2.19. The highest BCUT2D eigenvalue weighted by Gasteiger charge is 2.17. The molecule has 0 saturated carbocycles. The Balaban J connectivity index is 3.98. The number of aliphatic hydroxyl groups is 1. The van der Waals surface area contributed by atoms with E-state index < -0.39 is 6.04 Å². The molecule has 4 N–H and O–H groups in total. The first-order valence-corrected chi connectivity index (χ1v) is 5.68. The molecule has 0 radical (unpaired) electrons. The van der Waals surface area contributed by atoms with Crippen LogP contribution in [0.2, 0.25) is 0 Å². The van der Waals surface area contributed by atoms with Gasteiger partial charge in [-0.05, 0) is 25.2 Å². The summed E-state index contributed by atoms with van der Waals surface area (Å²) >= 11 is 0. The summed E-state index contributed by atoms with van der Waals surface area (Å²) in [6.45, 7) is 6.16. The highest BCUT2D eigenvalue weighted by Crippen LogP contribution is 2.04. The van der Waals surface area contributed by atoms with Crippen LogP contribution in [-0.2, 0) is 4.79 Å². The minimum atomic E-state index is -0.433. The fraction of sp³-hybridized carbons (Fsp3) is 0.909. The van der Waals surface area contributed by atoms with Crippen LogP contribution in [0.3, 0.4) is 0 Å². The van der Waals surface area contributed by atoms with Crippen LogP contribution in [0.25, 0.3) is 0 Å². The van der Waals surface area contributed by atoms with Crippen LogP contribution in [-0.4, -0.2) is 29.7 Å². The first-order chi connectivity index (χ1) is 7.01. The molecule has 0 aromatic rings. The molecule has 2 atom stereocenters. The van der Waals surface area contributed by atoms with E-state index in [1.807, 2.05) is 20.8 Å². The van der Waals surface area contributed by atoms with Gasteiger partial charge in [0.15, 0.2) is 0 Å². The van der Waals surface area contributed by atoms with Crippen LogP contribution in [0.4, 0.5) is 0 Å². The van der Waals surface area contributed by atoms with Gasteiger partial charge in [-0.15, -0.1) is 0 Å². The lowest BCUT2D eigenvalue weighted by atomic mass is 10.0. The number of amides is 1. The van der Waals surface area contributed by atoms with E-state index in [2.05, 4.69) is 5.32 Å². The summed E-state index contributed by atoms with van der Waals surface area (Å²) < 4.78 is 0. The summed E-state index contributed by atoms with van der Waals surface area (Å²) in [4.78, 5) is 11.6. The Labute approximate surface area is 92.2 Å². The number of nitrogens with two attached hydrogens (primary N) is 1. The molecule has 0 aliphatic rings. The molecule has 0 bridgehead atoms. The molecule has 15 heavy (non-hydrogen) atoms. The molecule has 0 heterocycles. The summed E-state index contributed by atoms with van der Waals surface area (Å²) in [5.41, 5.74) is 5.74. The molecule has 0 fully saturated rings. The number of hydrogen-bond donors (Lipinski definition) is 3. The van der Waals surface area contributed by atoms with Gasteiger partial charge >= 0.3 is 0 Å². The Morgan fingerprint density at radius 1 is 1.47 bits per heavy atom. The predicted molar refractivity (Wildman–Crippen MR) is 61.4 cm³/mol. The fourth-order valence-electron chi connectivity index (χ4n) is 1.46. The van der Waals surface area contributed by atoms with Crippen LogP contribution >= 0.6 is 0 Å². The van der Waals surface area contributed by atoms with Crippen molar-refractivity contribution in [3.63, 3.8) is 0 Å². The average Bonchev–Trinajstić information content (AvgIpc) is 2.15. The summed E-state index contributed by atoms with van der Waals surface area (Å²) in [5, 5.41) is 11.6. The third-order valence-electron chi connectivity index (χ3n) is 2.38. The van der Waals surface area contributed by atoms with Crippen molar-refractivity contribution in [1.29, 1.82) is 0 Å². The Hall–Kier alpha value is -0.610. The standard InChI is InChI=1S/C11H24N2O2/c1-4-9(5-6-14)13-11(15)10(12)7-8(2)3/h8-10,14H,4-7,12H2,1-3H3,(H,13,15)/t9?,10-/m1/s1. The zero-order valence-electron chi connectivity index (χ0n) is 9.99. The maximum absolute atomic E-state index is 11.6. The van der Waals surface area contributed by atoms with E-state index in [4.69, 9.17) is 10.8 Å². The fourth-order valence-corrected chi connectivity index (χ4v) is 1.46. The van der Waals surface area contributed by atoms with Gasteiger partial charge in [-0.2, -0.15) is 0 Å². The molecule has 1 unspecified atom stereocenters. The van der Waals surface area contributed by atoms with Crippen molar-refractivity contribution in [2.24, 2.45) is 11.7 Å². The molecule has 0 spiro atoms. The van der Waals surface area contributed by atoms with Crippen molar-refractivity contribution in [3.05, 3.63) is 0 Å². The molecule has 0 saturated heterocycles. The summed E-state index contributed by atoms with van der Waals surface area (Å²) in [7, 11) is 0. The molecule has 1 amide bonds. The second-order valence-corrected chi connectivity index (χ2v) is 4.36. The molecule has 4 heteroatoms. The van der Waals surface area contributed by atoms with E-state index in [1.54, 1.807) is 0 Å². The van der Waals surface area contributed by atoms with Gasteiger partial charge in [-0.1, -0.05) is 20.8 Å². The van der Waals surface area contributed by atoms with Gasteiger partial charge in [0.2, 0.25) is 5.91 Å². The predicted octanol–water partition coefficient (Wildman–Crippen LogP) is 0.637. The minimum Gasteiger partial charge on any atom is -0.396 e. The Morgan fingerprint density at radius 2 is 2.07 bits per heavy atom. The number of nitrogens with one attached hydrogen (secondary N) is 1. The van der Waals surface area contributed by atoms with Gasteiger partial charge in [-0.25, -0.2) is 0 Å². The lowest BCUT2D eigenvalue weighted by Crippen LogP contribution is -2.46. The van der Waals surface area contributed by atoms with E-state index in [0.29, 0.717) is 18.8 Å². The van der Waals surface area contributed by atoms with Gasteiger partial charge in [0.25, 0.3) is 0 Å². The molecule has 0 rings (SSSR count). The summed E-state index contributed by atoms with van der Waals surface area (Å²) in [5.74, 6) is 0.313. The number of rotatable bonds is 7. The zero-order chi connectivity index (χ0) is 11.8. The number of aliphatic hydroxyl groups excluding tert-OH is 1. The van der Waals surface area contributed by atoms with Gasteiger partial charge in [0, 0.05) is 12.6 Å². The topological polar surface area (TPSA) is 75.3 Å². The summed E-state index contributed by atoms with van der Waals surface area (Å²) in [6.07, 6.45) is 2.11. The Kier molecular flexibility index (Phi) is 7.34. The van der Waals surface area contributed by atoms with E-state index in [9.17, 15) is 4.79 Å². The molecule has 0 aromatic carbocycles. The van der Waals surface area contributed by atoms with E-state index >= 15 is 0 Å². The van der Waals surface area contributed by atoms with Gasteiger partial charge in [0.1, 0.15) is 0 Å². The second kappa shape index (κ2) is 7.65. The second-order valence-electron chi connectivity index (χ2n) is 4.36. The first-order valence-electron chi connectivity index (χ1n) is 5.68. The lowest BCUT2D eigenvalue weighted by molar-refractivity contribution is -0.123. The minimum absolute atomic E-state index is 0.0423. The molecular formula is C11H24N2O2. The first kappa shape index (κ1) is 14.4. The average molecular weight is 216 g/mol. The summed E-state index contributed by atoms with van der Waals surface area (Å²) in [6, 6.07) is -0.390. The molecule has 0 aliphatic heterocycles. The van der Waals surface area contributed by atoms with Gasteiger partial charge in [0.05, 0.1) is 6.04 Å². The quantitative estimate of drug-likeness (QED) is 0.584. The van der Waals surface area contributed by atoms with Crippen molar-refractivity contribution in [2.45, 2.75) is 52.1 Å². The molecule has 90 valence electrons. The molecule has 0 aliphatic carbocycles. The van der Waals surface area contributed by atoms with Crippen molar-refractivity contribution in [2.75, 3.05) is 6.61 Å². The highest BCUT2D eigenvalue weighted by molar-refractivity contribution is 5.81. The largest absolute Gasteiger partial charge is 0.396 e. The normalized spacial score (nSPS) is 15.1. The molecule has 0 aromatic heterocycles. The SMILES string of the molecule is CCC(CCO)NC(=O)[C@H](N)CC(C)C. The van der Waals surface area contributed by atoms with Gasteiger partial charge < -0.3 is 16.2 Å². The highest BCUT2D eigenvalue weighted by atomic mass is 16.3. The van der Waals surface area contributed by atoms with Crippen molar-refractivity contribution < 1.29 is 9.90 Å². The molecular weight excluding hydrogens is 192 g/mol. The van der Waals surface area contributed by atoms with Crippen LogP contribution in [0, 0.1) is 5.92 Å². The van der Waals surface area contributed by atoms with Crippen LogP contribution < -0.4 is 11.1 Å². The number of hydrogen-bond acceptors (Lipinski definition) is 3. The third-order valence-corrected chi connectivity index (χ3v) is 2.38. The van der Waals surface area contributed by atoms with E-state index in [-0.39, 0.29) is 18.6 Å². The molecule has 4 nitrogen and oxygen atoms in total. The van der Waals surface area contributed by atoms with Crippen molar-refractivity contribution in [3.8, 4) is 0 Å². The van der Waals surface area contributed by atoms with Crippen molar-refractivity contribution >= 4 is 5.91 Å². The van der Waals surface area contributed by atoms with Gasteiger partial charge in [-0.3, -0.25) is 4.79 Å². The smallest absolute Gasteiger partial charge is 0.237 e. The zero-order valence-corrected chi connectivity index (χ0v) is 9.99. The van der Waals surface area contributed by atoms with E-state index in [0.717, 1.165) is 6.42 Å². The Morgan fingerprint density at radius 3 is 2.47 bits per heavy atom. The van der Waals surface area contributed by atoms with Crippen molar-refractivity contribution in [1.82, 2.24) is 5.32 Å². The Bertz CT molecular complexity index is 183. The van der Waals surface area contributed by atoms with E-state index in [1.165, 1.54) is 0 Å². The third kappa shape index (κ3) is 6.47. The number of carbonyl (C=O) groups excluding carboxylic acids is 1.